The van der Waals surface area contributed by atoms with Crippen LogP contribution in [-0.4, -0.2) is 40.3 Å². The van der Waals surface area contributed by atoms with E-state index in [1.807, 2.05) is 19.9 Å². The summed E-state index contributed by atoms with van der Waals surface area (Å²) in [4.78, 5) is 13.1. The summed E-state index contributed by atoms with van der Waals surface area (Å²) in [7, 11) is -2.20. The fourth-order valence-electron chi connectivity index (χ4n) is 3.05. The molecule has 0 saturated heterocycles. The van der Waals surface area contributed by atoms with Crippen LogP contribution in [-0.2, 0) is 14.8 Å². The predicted octanol–water partition coefficient (Wildman–Crippen LogP) is 3.59. The highest BCUT2D eigenvalue weighted by molar-refractivity contribution is 7.92. The highest BCUT2D eigenvalue weighted by Gasteiger charge is 2.32. The quantitative estimate of drug-likeness (QED) is 0.670. The summed E-state index contributed by atoms with van der Waals surface area (Å²) in [5.74, 6) is 0.702. The normalized spacial score (nSPS) is 12.2. The number of nitrogens with one attached hydrogen (secondary N) is 1. The minimum Gasteiger partial charge on any atom is -0.495 e. The molecule has 8 heteroatoms. The van der Waals surface area contributed by atoms with Crippen LogP contribution in [0.15, 0.2) is 42.5 Å². The zero-order valence-corrected chi connectivity index (χ0v) is 18.2. The van der Waals surface area contributed by atoms with Crippen LogP contribution in [0.5, 0.6) is 11.5 Å². The van der Waals surface area contributed by atoms with E-state index in [1.54, 1.807) is 43.3 Å². The standard InChI is InChI=1S/C21H28N2O5S/c1-6-19(21(24)22-18-14-15(3)8-13-20(18)27-4)23(29(5,25)26)16-9-11-17(12-10-16)28-7-2/h8-14,19H,6-7H2,1-5H3,(H,22,24)/t19-/m0/s1. The van der Waals surface area contributed by atoms with Gasteiger partial charge in [-0.25, -0.2) is 8.42 Å². The Morgan fingerprint density at radius 3 is 2.31 bits per heavy atom. The number of hydrogen-bond acceptors (Lipinski definition) is 5. The van der Waals surface area contributed by atoms with Crippen molar-refractivity contribution >= 4 is 27.3 Å². The fourth-order valence-corrected chi connectivity index (χ4v) is 4.26. The highest BCUT2D eigenvalue weighted by Crippen LogP contribution is 2.28. The summed E-state index contributed by atoms with van der Waals surface area (Å²) in [5.41, 5.74) is 1.84. The van der Waals surface area contributed by atoms with Crippen molar-refractivity contribution in [3.63, 3.8) is 0 Å². The predicted molar refractivity (Wildman–Crippen MR) is 115 cm³/mol. The molecule has 0 radical (unpaired) electrons. The first-order valence-electron chi connectivity index (χ1n) is 9.39. The number of aryl methyl sites for hydroxylation is 1. The van der Waals surface area contributed by atoms with E-state index in [4.69, 9.17) is 9.47 Å². The Balaban J connectivity index is 2.38. The van der Waals surface area contributed by atoms with E-state index in [0.29, 0.717) is 35.9 Å². The number of amides is 1. The third-order valence-electron chi connectivity index (χ3n) is 4.34. The fraction of sp³-hybridized carbons (Fsp3) is 0.381. The van der Waals surface area contributed by atoms with Gasteiger partial charge in [-0.2, -0.15) is 0 Å². The van der Waals surface area contributed by atoms with Crippen molar-refractivity contribution < 1.29 is 22.7 Å². The Kier molecular flexibility index (Phi) is 7.50. The lowest BCUT2D eigenvalue weighted by Gasteiger charge is -2.30. The molecule has 0 spiro atoms. The molecule has 0 fully saturated rings. The lowest BCUT2D eigenvalue weighted by molar-refractivity contribution is -0.117. The van der Waals surface area contributed by atoms with Gasteiger partial charge in [0.15, 0.2) is 0 Å². The summed E-state index contributed by atoms with van der Waals surface area (Å²) < 4.78 is 37.0. The molecule has 158 valence electrons. The first-order chi connectivity index (χ1) is 13.7. The van der Waals surface area contributed by atoms with Gasteiger partial charge in [-0.15, -0.1) is 0 Å². The van der Waals surface area contributed by atoms with Gasteiger partial charge in [0, 0.05) is 0 Å². The number of anilines is 2. The van der Waals surface area contributed by atoms with E-state index in [0.717, 1.165) is 16.1 Å². The molecule has 0 aromatic heterocycles. The first-order valence-corrected chi connectivity index (χ1v) is 11.2. The van der Waals surface area contributed by atoms with Crippen LogP contribution in [0.4, 0.5) is 11.4 Å². The van der Waals surface area contributed by atoms with Crippen molar-refractivity contribution in [2.24, 2.45) is 0 Å². The van der Waals surface area contributed by atoms with Gasteiger partial charge in [-0.05, 0) is 62.2 Å². The average Bonchev–Trinajstić information content (AvgIpc) is 2.66. The van der Waals surface area contributed by atoms with Gasteiger partial charge in [-0.1, -0.05) is 13.0 Å². The smallest absolute Gasteiger partial charge is 0.248 e. The SMILES string of the molecule is CCOc1ccc(N([C@@H](CC)C(=O)Nc2cc(C)ccc2OC)S(C)(=O)=O)cc1. The topological polar surface area (TPSA) is 84.9 Å². The Morgan fingerprint density at radius 1 is 1.14 bits per heavy atom. The van der Waals surface area contributed by atoms with Gasteiger partial charge in [0.25, 0.3) is 0 Å². The third kappa shape index (κ3) is 5.63. The van der Waals surface area contributed by atoms with Gasteiger partial charge < -0.3 is 14.8 Å². The maximum absolute atomic E-state index is 13.1. The van der Waals surface area contributed by atoms with Crippen molar-refractivity contribution in [1.82, 2.24) is 0 Å². The second-order valence-corrected chi connectivity index (χ2v) is 8.46. The molecule has 0 unspecified atom stereocenters. The number of hydrogen-bond donors (Lipinski definition) is 1. The van der Waals surface area contributed by atoms with Crippen molar-refractivity contribution in [2.75, 3.05) is 29.6 Å². The zero-order valence-electron chi connectivity index (χ0n) is 17.4. The molecule has 0 aliphatic heterocycles. The van der Waals surface area contributed by atoms with E-state index in [9.17, 15) is 13.2 Å². The number of methoxy groups -OCH3 is 1. The van der Waals surface area contributed by atoms with Crippen LogP contribution >= 0.6 is 0 Å². The molecule has 1 atom stereocenters. The number of rotatable bonds is 9. The molecule has 2 aromatic carbocycles. The lowest BCUT2D eigenvalue weighted by Crippen LogP contribution is -2.47. The monoisotopic (exact) mass is 420 g/mol. The van der Waals surface area contributed by atoms with Crippen LogP contribution < -0.4 is 19.1 Å². The maximum Gasteiger partial charge on any atom is 0.248 e. The van der Waals surface area contributed by atoms with E-state index < -0.39 is 22.0 Å². The van der Waals surface area contributed by atoms with E-state index in [-0.39, 0.29) is 0 Å². The lowest BCUT2D eigenvalue weighted by atomic mass is 10.1. The van der Waals surface area contributed by atoms with Crippen molar-refractivity contribution in [3.05, 3.63) is 48.0 Å². The van der Waals surface area contributed by atoms with Crippen LogP contribution in [0.2, 0.25) is 0 Å². The molecule has 29 heavy (non-hydrogen) atoms. The first kappa shape index (κ1) is 22.5. The second kappa shape index (κ2) is 9.65. The van der Waals surface area contributed by atoms with E-state index in [2.05, 4.69) is 5.32 Å². The number of benzene rings is 2. The summed E-state index contributed by atoms with van der Waals surface area (Å²) in [5, 5.41) is 2.81. The van der Waals surface area contributed by atoms with Gasteiger partial charge >= 0.3 is 0 Å². The summed E-state index contributed by atoms with van der Waals surface area (Å²) in [6.07, 6.45) is 1.38. The number of ether oxygens (including phenoxy) is 2. The molecule has 2 rings (SSSR count). The molecule has 0 heterocycles. The second-order valence-electron chi connectivity index (χ2n) is 6.60. The Bertz CT molecular complexity index is 942. The summed E-state index contributed by atoms with van der Waals surface area (Å²) in [6.45, 7) is 6.04. The molecule has 1 amide bonds. The molecular formula is C21H28N2O5S. The number of carbonyl (C=O) groups excluding carboxylic acids is 1. The van der Waals surface area contributed by atoms with E-state index in [1.165, 1.54) is 7.11 Å². The maximum atomic E-state index is 13.1. The number of sulfonamides is 1. The van der Waals surface area contributed by atoms with Crippen LogP contribution in [0.1, 0.15) is 25.8 Å². The van der Waals surface area contributed by atoms with Crippen LogP contribution in [0, 0.1) is 6.92 Å². The molecule has 0 bridgehead atoms. The minimum atomic E-state index is -3.72. The minimum absolute atomic E-state index is 0.292. The van der Waals surface area contributed by atoms with Crippen molar-refractivity contribution in [3.8, 4) is 11.5 Å². The van der Waals surface area contributed by atoms with Gasteiger partial charge in [0.1, 0.15) is 17.5 Å². The third-order valence-corrected chi connectivity index (χ3v) is 5.52. The molecule has 0 aliphatic rings. The van der Waals surface area contributed by atoms with Crippen molar-refractivity contribution in [2.45, 2.75) is 33.2 Å². The Labute approximate surface area is 172 Å². The molecule has 0 aliphatic carbocycles. The Hall–Kier alpha value is -2.74. The summed E-state index contributed by atoms with van der Waals surface area (Å²) >= 11 is 0. The number of nitrogens with zero attached hydrogens (tertiary/aromatic N) is 1. The van der Waals surface area contributed by atoms with Gasteiger partial charge in [0.2, 0.25) is 15.9 Å². The largest absolute Gasteiger partial charge is 0.495 e. The zero-order chi connectivity index (χ0) is 21.6. The molecule has 7 nitrogen and oxygen atoms in total. The van der Waals surface area contributed by atoms with Crippen LogP contribution in [0.3, 0.4) is 0 Å². The van der Waals surface area contributed by atoms with Crippen LogP contribution in [0.25, 0.3) is 0 Å². The molecular weight excluding hydrogens is 392 g/mol. The van der Waals surface area contributed by atoms with Gasteiger partial charge in [-0.3, -0.25) is 9.10 Å². The Morgan fingerprint density at radius 2 is 1.79 bits per heavy atom. The molecule has 0 saturated carbocycles. The van der Waals surface area contributed by atoms with Crippen molar-refractivity contribution in [1.29, 1.82) is 0 Å². The van der Waals surface area contributed by atoms with E-state index >= 15 is 0 Å². The molecule has 1 N–H and O–H groups in total. The van der Waals surface area contributed by atoms with Gasteiger partial charge in [0.05, 0.1) is 31.3 Å². The molecule has 2 aromatic rings. The number of carbonyl (C=O) groups is 1. The highest BCUT2D eigenvalue weighted by atomic mass is 32.2. The summed E-state index contributed by atoms with van der Waals surface area (Å²) in [6, 6.07) is 11.1. The average molecular weight is 421 g/mol.